The molecule has 2 aliphatic rings. The highest BCUT2D eigenvalue weighted by Crippen LogP contribution is 2.50. The van der Waals surface area contributed by atoms with E-state index in [1.54, 1.807) is 0 Å². The van der Waals surface area contributed by atoms with E-state index in [-0.39, 0.29) is 0 Å². The van der Waals surface area contributed by atoms with Crippen molar-refractivity contribution in [1.29, 1.82) is 0 Å². The van der Waals surface area contributed by atoms with Gasteiger partial charge < -0.3 is 9.32 Å². The van der Waals surface area contributed by atoms with Gasteiger partial charge in [0.2, 0.25) is 0 Å². The summed E-state index contributed by atoms with van der Waals surface area (Å²) in [6.07, 6.45) is 13.0. The van der Waals surface area contributed by atoms with Crippen LogP contribution in [0, 0.1) is 6.92 Å². The summed E-state index contributed by atoms with van der Waals surface area (Å²) in [5.74, 6) is 1.68. The molecule has 2 aromatic heterocycles. The maximum absolute atomic E-state index is 6.46. The van der Waals surface area contributed by atoms with Crippen LogP contribution in [0.4, 0.5) is 17.1 Å². The van der Waals surface area contributed by atoms with E-state index in [2.05, 4.69) is 188 Å². The zero-order chi connectivity index (χ0) is 41.1. The van der Waals surface area contributed by atoms with Crippen LogP contribution in [0.2, 0.25) is 0 Å². The van der Waals surface area contributed by atoms with Crippen molar-refractivity contribution in [1.82, 2.24) is 0 Å². The van der Waals surface area contributed by atoms with E-state index in [1.807, 2.05) is 11.3 Å². The van der Waals surface area contributed by atoms with Crippen LogP contribution in [0.15, 0.2) is 174 Å². The van der Waals surface area contributed by atoms with Crippen LogP contribution in [-0.2, 0) is 6.42 Å². The van der Waals surface area contributed by atoms with Crippen molar-refractivity contribution in [2.75, 3.05) is 4.90 Å². The van der Waals surface area contributed by atoms with E-state index < -0.39 is 0 Å². The normalized spacial score (nSPS) is 14.3. The van der Waals surface area contributed by atoms with Crippen molar-refractivity contribution in [2.45, 2.75) is 57.8 Å². The monoisotopic (exact) mass is 817 g/mol. The number of aryl methyl sites for hydroxylation is 2. The smallest absolute Gasteiger partial charge is 0.135 e. The predicted molar refractivity (Wildman–Crippen MR) is 266 cm³/mol. The molecule has 0 aliphatic heterocycles. The third kappa shape index (κ3) is 6.21. The average Bonchev–Trinajstić information content (AvgIpc) is 3.90. The number of benzene rings is 8. The Bertz CT molecular complexity index is 3350. The van der Waals surface area contributed by atoms with Gasteiger partial charge in [-0.25, -0.2) is 0 Å². The standard InChI is InChI=1S/C59H47NOS/c1-38-36-52-46-22-7-11-30-55(46)61-56(52)37-51(38)40-32-34-42(35-33-40)60(54-29-10-6-21-45(54)49-26-15-27-50-47-23-8-12-31-57(47)62-59(49)50)53-28-9-5-20-44(53)48-25-14-19-41-18-13-24-43(58(41)48)39-16-3-2-4-17-39/h5-10,12-15,18-29,31-37,39H,2-4,11,16-17,30H2,1H3. The number of furan rings is 1. The number of hydrogen-bond donors (Lipinski definition) is 0. The third-order valence-corrected chi connectivity index (χ3v) is 14.9. The molecule has 2 heterocycles. The van der Waals surface area contributed by atoms with Gasteiger partial charge in [-0.05, 0) is 113 Å². The molecule has 3 heteroatoms. The average molecular weight is 818 g/mol. The first-order valence-corrected chi connectivity index (χ1v) is 23.2. The van der Waals surface area contributed by atoms with Gasteiger partial charge in [0.05, 0.1) is 11.4 Å². The number of hydrogen-bond acceptors (Lipinski definition) is 3. The molecule has 0 bridgehead atoms. The van der Waals surface area contributed by atoms with Crippen molar-refractivity contribution in [3.05, 3.63) is 192 Å². The molecule has 0 amide bonds. The lowest BCUT2D eigenvalue weighted by molar-refractivity contribution is 0.445. The molecular formula is C59H47NOS. The number of thiophene rings is 1. The van der Waals surface area contributed by atoms with Crippen LogP contribution >= 0.6 is 11.3 Å². The molecular weight excluding hydrogens is 771 g/mol. The van der Waals surface area contributed by atoms with Gasteiger partial charge in [0.25, 0.3) is 0 Å². The molecule has 12 rings (SSSR count). The molecule has 2 aliphatic carbocycles. The summed E-state index contributed by atoms with van der Waals surface area (Å²) >= 11 is 1.89. The molecule has 62 heavy (non-hydrogen) atoms. The topological polar surface area (TPSA) is 16.4 Å². The maximum Gasteiger partial charge on any atom is 0.135 e. The first-order valence-electron chi connectivity index (χ1n) is 22.4. The largest absolute Gasteiger partial charge is 0.460 e. The van der Waals surface area contributed by atoms with Crippen molar-refractivity contribution in [3.8, 4) is 33.4 Å². The van der Waals surface area contributed by atoms with Gasteiger partial charge >= 0.3 is 0 Å². The fourth-order valence-corrected chi connectivity index (χ4v) is 11.9. The molecule has 0 atom stereocenters. The van der Waals surface area contributed by atoms with Crippen molar-refractivity contribution >= 4 is 76.4 Å². The Morgan fingerprint density at radius 2 is 1.26 bits per heavy atom. The van der Waals surface area contributed by atoms with Crippen LogP contribution < -0.4 is 4.90 Å². The Balaban J connectivity index is 1.06. The fourth-order valence-electron chi connectivity index (χ4n) is 10.7. The number of allylic oxidation sites excluding steroid dienone is 1. The van der Waals surface area contributed by atoms with Crippen LogP contribution in [0.25, 0.3) is 81.4 Å². The highest BCUT2D eigenvalue weighted by molar-refractivity contribution is 7.26. The minimum absolute atomic E-state index is 0.581. The van der Waals surface area contributed by atoms with Gasteiger partial charge in [-0.15, -0.1) is 11.3 Å². The van der Waals surface area contributed by atoms with Gasteiger partial charge in [0.1, 0.15) is 11.3 Å². The quantitative estimate of drug-likeness (QED) is 0.159. The first-order chi connectivity index (χ1) is 30.7. The lowest BCUT2D eigenvalue weighted by Crippen LogP contribution is -2.12. The summed E-state index contributed by atoms with van der Waals surface area (Å²) in [6, 6.07) is 61.5. The van der Waals surface area contributed by atoms with E-state index in [9.17, 15) is 0 Å². The Morgan fingerprint density at radius 3 is 2.08 bits per heavy atom. The highest BCUT2D eigenvalue weighted by atomic mass is 32.1. The van der Waals surface area contributed by atoms with Gasteiger partial charge in [-0.3, -0.25) is 0 Å². The molecule has 10 aromatic rings. The van der Waals surface area contributed by atoms with Crippen LogP contribution in [-0.4, -0.2) is 0 Å². The molecule has 0 unspecified atom stereocenters. The second-order valence-corrected chi connectivity index (χ2v) is 18.4. The molecule has 8 aromatic carbocycles. The molecule has 1 saturated carbocycles. The van der Waals surface area contributed by atoms with Gasteiger partial charge in [-0.2, -0.15) is 0 Å². The second kappa shape index (κ2) is 15.3. The Labute approximate surface area is 367 Å². The van der Waals surface area contributed by atoms with Crippen LogP contribution in [0.5, 0.6) is 0 Å². The predicted octanol–water partition coefficient (Wildman–Crippen LogP) is 17.7. The lowest BCUT2D eigenvalue weighted by atomic mass is 9.80. The number of anilines is 3. The number of para-hydroxylation sites is 2. The van der Waals surface area contributed by atoms with E-state index >= 15 is 0 Å². The number of rotatable bonds is 7. The molecule has 300 valence electrons. The minimum atomic E-state index is 0.581. The SMILES string of the molecule is Cc1cc2c3c(oc2cc1-c1ccc(N(c2ccccc2-c2cccc4c2sc2ccccc24)c2ccccc2-c2cccc4cccc(C5CCCCC5)c24)cc1)CCC=C3. The summed E-state index contributed by atoms with van der Waals surface area (Å²) < 4.78 is 9.10. The van der Waals surface area contributed by atoms with Crippen molar-refractivity contribution in [2.24, 2.45) is 0 Å². The number of fused-ring (bicyclic) bond motifs is 7. The molecule has 1 fully saturated rings. The van der Waals surface area contributed by atoms with E-state index in [0.717, 1.165) is 41.2 Å². The van der Waals surface area contributed by atoms with E-state index in [0.29, 0.717) is 5.92 Å². The summed E-state index contributed by atoms with van der Waals surface area (Å²) in [7, 11) is 0. The summed E-state index contributed by atoms with van der Waals surface area (Å²) in [6.45, 7) is 2.23. The third-order valence-electron chi connectivity index (χ3n) is 13.7. The summed E-state index contributed by atoms with van der Waals surface area (Å²) in [5.41, 5.74) is 15.8. The lowest BCUT2D eigenvalue weighted by Gasteiger charge is -2.31. The van der Waals surface area contributed by atoms with Gasteiger partial charge in [-0.1, -0.05) is 153 Å². The maximum atomic E-state index is 6.46. The Kier molecular flexibility index (Phi) is 9.19. The van der Waals surface area contributed by atoms with E-state index in [1.165, 1.54) is 119 Å². The Morgan fingerprint density at radius 1 is 0.581 bits per heavy atom. The Hall–Kier alpha value is -6.68. The van der Waals surface area contributed by atoms with Crippen molar-refractivity contribution < 1.29 is 4.42 Å². The van der Waals surface area contributed by atoms with Gasteiger partial charge in [0, 0.05) is 59.9 Å². The van der Waals surface area contributed by atoms with Crippen LogP contribution in [0.3, 0.4) is 0 Å². The molecule has 0 N–H and O–H groups in total. The van der Waals surface area contributed by atoms with Gasteiger partial charge in [0.15, 0.2) is 0 Å². The van der Waals surface area contributed by atoms with E-state index in [4.69, 9.17) is 4.42 Å². The van der Waals surface area contributed by atoms with Crippen LogP contribution in [0.1, 0.15) is 66.9 Å². The second-order valence-electron chi connectivity index (χ2n) is 17.3. The fraction of sp³-hybridized carbons (Fsp3) is 0.153. The number of nitrogens with zero attached hydrogens (tertiary/aromatic N) is 1. The molecule has 0 radical (unpaired) electrons. The zero-order valence-corrected chi connectivity index (χ0v) is 35.9. The van der Waals surface area contributed by atoms with Crippen molar-refractivity contribution in [3.63, 3.8) is 0 Å². The first kappa shape index (κ1) is 37.1. The minimum Gasteiger partial charge on any atom is -0.460 e. The summed E-state index contributed by atoms with van der Waals surface area (Å²) in [4.78, 5) is 2.52. The zero-order valence-electron chi connectivity index (χ0n) is 35.0. The molecule has 0 saturated heterocycles. The highest BCUT2D eigenvalue weighted by Gasteiger charge is 2.25. The molecule has 0 spiro atoms. The molecule has 2 nitrogen and oxygen atoms in total. The summed E-state index contributed by atoms with van der Waals surface area (Å²) in [5, 5.41) is 6.54.